The Kier molecular flexibility index (Phi) is 3.71. The smallest absolute Gasteiger partial charge is 0.331 e. The molecule has 2 aromatic heterocycles. The molecule has 0 atom stereocenters. The summed E-state index contributed by atoms with van der Waals surface area (Å²) in [5.41, 5.74) is 4.01. The SMILES string of the molecule is Cc1cc(C)c(N=Cc2nc3c([nH]2)c(=O)n(C)c(=O)n3C)c(C)c1. The molecule has 24 heavy (non-hydrogen) atoms. The number of aromatic nitrogens is 4. The zero-order valence-electron chi connectivity index (χ0n) is 14.3. The van der Waals surface area contributed by atoms with E-state index >= 15 is 0 Å². The lowest BCUT2D eigenvalue weighted by Crippen LogP contribution is -2.36. The van der Waals surface area contributed by atoms with Crippen LogP contribution in [0.3, 0.4) is 0 Å². The second-order valence-corrected chi connectivity index (χ2v) is 6.03. The van der Waals surface area contributed by atoms with Gasteiger partial charge in [-0.1, -0.05) is 17.7 Å². The van der Waals surface area contributed by atoms with E-state index in [0.29, 0.717) is 17.0 Å². The van der Waals surface area contributed by atoms with E-state index in [0.717, 1.165) is 21.4 Å². The monoisotopic (exact) mass is 325 g/mol. The summed E-state index contributed by atoms with van der Waals surface area (Å²) in [6.45, 7) is 6.05. The Bertz CT molecular complexity index is 1080. The number of aromatic amines is 1. The largest absolute Gasteiger partial charge is 0.332 e. The van der Waals surface area contributed by atoms with Crippen LogP contribution < -0.4 is 11.2 Å². The van der Waals surface area contributed by atoms with Crippen LogP contribution in [0.5, 0.6) is 0 Å². The summed E-state index contributed by atoms with van der Waals surface area (Å²) < 4.78 is 2.39. The van der Waals surface area contributed by atoms with Crippen LogP contribution >= 0.6 is 0 Å². The predicted molar refractivity (Wildman–Crippen MR) is 94.5 cm³/mol. The fourth-order valence-electron chi connectivity index (χ4n) is 2.91. The molecule has 0 radical (unpaired) electrons. The third kappa shape index (κ3) is 2.47. The summed E-state index contributed by atoms with van der Waals surface area (Å²) >= 11 is 0. The summed E-state index contributed by atoms with van der Waals surface area (Å²) in [7, 11) is 3.03. The Morgan fingerprint density at radius 2 is 1.71 bits per heavy atom. The molecule has 0 aliphatic rings. The van der Waals surface area contributed by atoms with Gasteiger partial charge in [-0.2, -0.15) is 0 Å². The first-order chi connectivity index (χ1) is 11.3. The average molecular weight is 325 g/mol. The Balaban J connectivity index is 2.13. The standard InChI is InChI=1S/C17H19N5O2/c1-9-6-10(2)13(11(3)7-9)18-8-12-19-14-15(20-12)21(4)17(24)22(5)16(14)23/h6-8H,1-5H3,(H,19,20). The quantitative estimate of drug-likeness (QED) is 0.727. The number of aliphatic imine (C=N–C) groups is 1. The van der Waals surface area contributed by atoms with Crippen molar-refractivity contribution in [1.82, 2.24) is 19.1 Å². The van der Waals surface area contributed by atoms with Gasteiger partial charge in [0.25, 0.3) is 5.56 Å². The number of hydrogen-bond donors (Lipinski definition) is 1. The molecule has 3 aromatic rings. The van der Waals surface area contributed by atoms with E-state index in [4.69, 9.17) is 0 Å². The van der Waals surface area contributed by atoms with Crippen molar-refractivity contribution in [3.05, 3.63) is 55.5 Å². The second kappa shape index (κ2) is 5.59. The number of imidazole rings is 1. The van der Waals surface area contributed by atoms with Crippen molar-refractivity contribution >= 4 is 23.1 Å². The predicted octanol–water partition coefficient (Wildman–Crippen LogP) is 1.64. The van der Waals surface area contributed by atoms with Gasteiger partial charge in [0.1, 0.15) is 5.52 Å². The first-order valence-corrected chi connectivity index (χ1v) is 7.57. The molecule has 7 heteroatoms. The molecule has 0 saturated heterocycles. The molecule has 124 valence electrons. The molecule has 0 fully saturated rings. The molecule has 3 rings (SSSR count). The highest BCUT2D eigenvalue weighted by molar-refractivity contribution is 5.84. The van der Waals surface area contributed by atoms with Gasteiger partial charge in [0, 0.05) is 14.1 Å². The van der Waals surface area contributed by atoms with Crippen molar-refractivity contribution < 1.29 is 0 Å². The van der Waals surface area contributed by atoms with E-state index in [1.807, 2.05) is 20.8 Å². The molecule has 0 spiro atoms. The molecule has 0 unspecified atom stereocenters. The van der Waals surface area contributed by atoms with E-state index in [2.05, 4.69) is 27.1 Å². The lowest BCUT2D eigenvalue weighted by atomic mass is 10.1. The maximum Gasteiger partial charge on any atom is 0.332 e. The molecule has 0 aliphatic carbocycles. The number of aryl methyl sites for hydroxylation is 4. The number of H-pyrrole nitrogens is 1. The van der Waals surface area contributed by atoms with E-state index < -0.39 is 11.2 Å². The third-order valence-electron chi connectivity index (χ3n) is 4.06. The fraction of sp³-hybridized carbons (Fsp3) is 0.294. The number of fused-ring (bicyclic) bond motifs is 1. The molecule has 7 nitrogen and oxygen atoms in total. The number of nitrogens with one attached hydrogen (secondary N) is 1. The van der Waals surface area contributed by atoms with Crippen LogP contribution in [0.25, 0.3) is 11.2 Å². The van der Waals surface area contributed by atoms with Crippen molar-refractivity contribution in [2.75, 3.05) is 0 Å². The van der Waals surface area contributed by atoms with Crippen molar-refractivity contribution in [3.8, 4) is 0 Å². The normalized spacial score (nSPS) is 11.7. The van der Waals surface area contributed by atoms with Crippen LogP contribution in [-0.4, -0.2) is 25.3 Å². The molecule has 0 saturated carbocycles. The molecule has 1 N–H and O–H groups in total. The lowest BCUT2D eigenvalue weighted by molar-refractivity contribution is 0.709. The number of hydrogen-bond acceptors (Lipinski definition) is 4. The van der Waals surface area contributed by atoms with Crippen LogP contribution in [-0.2, 0) is 14.1 Å². The van der Waals surface area contributed by atoms with E-state index in [9.17, 15) is 9.59 Å². The van der Waals surface area contributed by atoms with Crippen molar-refractivity contribution in [2.24, 2.45) is 19.1 Å². The summed E-state index contributed by atoms with van der Waals surface area (Å²) in [4.78, 5) is 35.9. The minimum Gasteiger partial charge on any atom is -0.331 e. The maximum atomic E-state index is 12.2. The van der Waals surface area contributed by atoms with Crippen molar-refractivity contribution in [2.45, 2.75) is 20.8 Å². The van der Waals surface area contributed by atoms with Gasteiger partial charge in [-0.05, 0) is 31.9 Å². The third-order valence-corrected chi connectivity index (χ3v) is 4.06. The van der Waals surface area contributed by atoms with Gasteiger partial charge >= 0.3 is 5.69 Å². The molecule has 0 amide bonds. The summed E-state index contributed by atoms with van der Waals surface area (Å²) in [6.07, 6.45) is 1.58. The molecule has 1 aromatic carbocycles. The van der Waals surface area contributed by atoms with E-state index in [1.165, 1.54) is 17.2 Å². The average Bonchev–Trinajstić information content (AvgIpc) is 2.94. The van der Waals surface area contributed by atoms with Crippen LogP contribution in [0.4, 0.5) is 5.69 Å². The molecular weight excluding hydrogens is 306 g/mol. The number of rotatable bonds is 2. The summed E-state index contributed by atoms with van der Waals surface area (Å²) in [5, 5.41) is 0. The Morgan fingerprint density at radius 3 is 2.33 bits per heavy atom. The van der Waals surface area contributed by atoms with Gasteiger partial charge in [0.2, 0.25) is 0 Å². The lowest BCUT2D eigenvalue weighted by Gasteiger charge is -2.05. The Hall–Kier alpha value is -2.96. The van der Waals surface area contributed by atoms with Gasteiger partial charge in [-0.3, -0.25) is 18.9 Å². The van der Waals surface area contributed by atoms with E-state index in [1.54, 1.807) is 13.3 Å². The van der Waals surface area contributed by atoms with Crippen molar-refractivity contribution in [1.29, 1.82) is 0 Å². The van der Waals surface area contributed by atoms with Crippen LogP contribution in [0.15, 0.2) is 26.7 Å². The van der Waals surface area contributed by atoms with Crippen LogP contribution in [0.2, 0.25) is 0 Å². The highest BCUT2D eigenvalue weighted by Gasteiger charge is 2.12. The fourth-order valence-corrected chi connectivity index (χ4v) is 2.91. The topological polar surface area (TPSA) is 85.0 Å². The zero-order valence-corrected chi connectivity index (χ0v) is 14.3. The molecular formula is C17H19N5O2. The van der Waals surface area contributed by atoms with Gasteiger partial charge < -0.3 is 4.98 Å². The van der Waals surface area contributed by atoms with E-state index in [-0.39, 0.29) is 0 Å². The van der Waals surface area contributed by atoms with Crippen molar-refractivity contribution in [3.63, 3.8) is 0 Å². The summed E-state index contributed by atoms with van der Waals surface area (Å²) in [5.74, 6) is 0.433. The Labute approximate surface area is 138 Å². The first-order valence-electron chi connectivity index (χ1n) is 7.57. The molecule has 2 heterocycles. The highest BCUT2D eigenvalue weighted by Crippen LogP contribution is 2.24. The first kappa shape index (κ1) is 15.9. The maximum absolute atomic E-state index is 12.2. The molecule has 0 bridgehead atoms. The van der Waals surface area contributed by atoms with Gasteiger partial charge in [-0.25, -0.2) is 9.78 Å². The molecule has 0 aliphatic heterocycles. The highest BCUT2D eigenvalue weighted by atomic mass is 16.2. The number of nitrogens with zero attached hydrogens (tertiary/aromatic N) is 4. The van der Waals surface area contributed by atoms with Crippen LogP contribution in [0, 0.1) is 20.8 Å². The minimum absolute atomic E-state index is 0.290. The van der Waals surface area contributed by atoms with Gasteiger partial charge in [0.05, 0.1) is 11.9 Å². The number of benzene rings is 1. The van der Waals surface area contributed by atoms with Gasteiger partial charge in [-0.15, -0.1) is 0 Å². The zero-order chi connectivity index (χ0) is 17.6. The minimum atomic E-state index is -0.410. The second-order valence-electron chi connectivity index (χ2n) is 6.03. The summed E-state index contributed by atoms with van der Waals surface area (Å²) in [6, 6.07) is 4.13. The van der Waals surface area contributed by atoms with Gasteiger partial charge in [0.15, 0.2) is 11.5 Å². The Morgan fingerprint density at radius 1 is 1.08 bits per heavy atom. The van der Waals surface area contributed by atoms with Crippen LogP contribution in [0.1, 0.15) is 22.5 Å².